The van der Waals surface area contributed by atoms with E-state index in [9.17, 15) is 9.18 Å². The molecular formula is C11H7Cl2FN2O. The first-order valence-electron chi connectivity index (χ1n) is 4.68. The Balaban J connectivity index is 2.51. The SMILES string of the molecule is Cn1ncc(Cl)c1C(=O)c1ccc(Cl)cc1F. The summed E-state index contributed by atoms with van der Waals surface area (Å²) in [5.41, 5.74) is 0.0628. The summed E-state index contributed by atoms with van der Waals surface area (Å²) in [7, 11) is 1.56. The molecule has 0 atom stereocenters. The number of hydrogen-bond acceptors (Lipinski definition) is 2. The average Bonchev–Trinajstić information content (AvgIpc) is 2.58. The van der Waals surface area contributed by atoms with Crippen LogP contribution in [0.5, 0.6) is 0 Å². The van der Waals surface area contributed by atoms with E-state index in [1.165, 1.54) is 23.0 Å². The number of benzene rings is 1. The molecule has 0 N–H and O–H groups in total. The summed E-state index contributed by atoms with van der Waals surface area (Å²) in [4.78, 5) is 12.1. The standard InChI is InChI=1S/C11H7Cl2FN2O/c1-16-10(8(13)5-15-16)11(17)7-3-2-6(12)4-9(7)14/h2-5H,1H3. The van der Waals surface area contributed by atoms with Gasteiger partial charge in [-0.3, -0.25) is 9.48 Å². The van der Waals surface area contributed by atoms with Gasteiger partial charge in [0.05, 0.1) is 16.8 Å². The zero-order chi connectivity index (χ0) is 12.6. The molecule has 1 aromatic heterocycles. The van der Waals surface area contributed by atoms with Crippen LogP contribution in [-0.4, -0.2) is 15.6 Å². The highest BCUT2D eigenvalue weighted by Crippen LogP contribution is 2.21. The molecule has 17 heavy (non-hydrogen) atoms. The van der Waals surface area contributed by atoms with Crippen molar-refractivity contribution in [3.63, 3.8) is 0 Å². The number of aryl methyl sites for hydroxylation is 1. The van der Waals surface area contributed by atoms with Crippen molar-refractivity contribution in [2.24, 2.45) is 7.05 Å². The average molecular weight is 273 g/mol. The van der Waals surface area contributed by atoms with Crippen LogP contribution in [0.1, 0.15) is 16.1 Å². The van der Waals surface area contributed by atoms with Crippen LogP contribution in [0.3, 0.4) is 0 Å². The lowest BCUT2D eigenvalue weighted by atomic mass is 10.1. The molecular weight excluding hydrogens is 266 g/mol. The molecule has 2 rings (SSSR count). The predicted octanol–water partition coefficient (Wildman–Crippen LogP) is 3.10. The number of aromatic nitrogens is 2. The van der Waals surface area contributed by atoms with Gasteiger partial charge in [0.15, 0.2) is 0 Å². The maximum absolute atomic E-state index is 13.6. The minimum atomic E-state index is -0.681. The van der Waals surface area contributed by atoms with Crippen molar-refractivity contribution in [2.75, 3.05) is 0 Å². The molecule has 0 aliphatic carbocycles. The fourth-order valence-corrected chi connectivity index (χ4v) is 1.88. The van der Waals surface area contributed by atoms with E-state index >= 15 is 0 Å². The molecule has 0 unspecified atom stereocenters. The van der Waals surface area contributed by atoms with Crippen molar-refractivity contribution in [2.45, 2.75) is 0 Å². The van der Waals surface area contributed by atoms with Gasteiger partial charge in [0.25, 0.3) is 0 Å². The van der Waals surface area contributed by atoms with E-state index in [-0.39, 0.29) is 21.3 Å². The van der Waals surface area contributed by atoms with E-state index in [1.54, 1.807) is 7.05 Å². The van der Waals surface area contributed by atoms with Crippen molar-refractivity contribution in [1.82, 2.24) is 9.78 Å². The topological polar surface area (TPSA) is 34.9 Å². The van der Waals surface area contributed by atoms with E-state index in [0.717, 1.165) is 6.07 Å². The summed E-state index contributed by atoms with van der Waals surface area (Å²) >= 11 is 11.4. The highest BCUT2D eigenvalue weighted by Gasteiger charge is 2.20. The van der Waals surface area contributed by atoms with Crippen LogP contribution in [0.4, 0.5) is 4.39 Å². The molecule has 2 aromatic rings. The van der Waals surface area contributed by atoms with Crippen molar-refractivity contribution >= 4 is 29.0 Å². The first-order valence-corrected chi connectivity index (χ1v) is 5.43. The van der Waals surface area contributed by atoms with Crippen LogP contribution >= 0.6 is 23.2 Å². The van der Waals surface area contributed by atoms with E-state index in [1.807, 2.05) is 0 Å². The molecule has 1 aromatic carbocycles. The first-order chi connectivity index (χ1) is 8.00. The number of nitrogens with zero attached hydrogens (tertiary/aromatic N) is 2. The number of rotatable bonds is 2. The molecule has 0 fully saturated rings. The third-order valence-corrected chi connectivity index (χ3v) is 2.80. The van der Waals surface area contributed by atoms with Crippen molar-refractivity contribution in [1.29, 1.82) is 0 Å². The molecule has 1 heterocycles. The summed E-state index contributed by atoms with van der Waals surface area (Å²) in [5, 5.41) is 4.24. The smallest absolute Gasteiger partial charge is 0.215 e. The Morgan fingerprint density at radius 2 is 2.12 bits per heavy atom. The van der Waals surface area contributed by atoms with Crippen LogP contribution < -0.4 is 0 Å². The minimum Gasteiger partial charge on any atom is -0.287 e. The second-order valence-electron chi connectivity index (χ2n) is 3.42. The van der Waals surface area contributed by atoms with Gasteiger partial charge in [-0.25, -0.2) is 4.39 Å². The molecule has 3 nitrogen and oxygen atoms in total. The van der Waals surface area contributed by atoms with Crippen LogP contribution in [0.25, 0.3) is 0 Å². The van der Waals surface area contributed by atoms with E-state index in [0.29, 0.717) is 0 Å². The van der Waals surface area contributed by atoms with Gasteiger partial charge >= 0.3 is 0 Å². The number of ketones is 1. The Morgan fingerprint density at radius 3 is 2.65 bits per heavy atom. The van der Waals surface area contributed by atoms with Crippen molar-refractivity contribution in [3.05, 3.63) is 51.5 Å². The zero-order valence-electron chi connectivity index (χ0n) is 8.75. The summed E-state index contributed by atoms with van der Waals surface area (Å²) in [6.07, 6.45) is 1.34. The van der Waals surface area contributed by atoms with Gasteiger partial charge in [-0.05, 0) is 18.2 Å². The monoisotopic (exact) mass is 272 g/mol. The largest absolute Gasteiger partial charge is 0.287 e. The molecule has 0 bridgehead atoms. The molecule has 0 radical (unpaired) electrons. The van der Waals surface area contributed by atoms with Crippen LogP contribution in [0.2, 0.25) is 10.0 Å². The fourth-order valence-electron chi connectivity index (χ4n) is 1.47. The Hall–Kier alpha value is -1.39. The third-order valence-electron chi connectivity index (χ3n) is 2.28. The summed E-state index contributed by atoms with van der Waals surface area (Å²) in [6.45, 7) is 0. The second-order valence-corrected chi connectivity index (χ2v) is 4.26. The Labute approximate surface area is 107 Å². The van der Waals surface area contributed by atoms with Gasteiger partial charge < -0.3 is 0 Å². The normalized spacial score (nSPS) is 10.6. The van der Waals surface area contributed by atoms with Gasteiger partial charge in [-0.2, -0.15) is 5.10 Å². The maximum Gasteiger partial charge on any atom is 0.215 e. The van der Waals surface area contributed by atoms with Crippen LogP contribution in [-0.2, 0) is 7.05 Å². The molecule has 0 aliphatic rings. The summed E-state index contributed by atoms with van der Waals surface area (Å²) < 4.78 is 14.9. The molecule has 6 heteroatoms. The Morgan fingerprint density at radius 1 is 1.41 bits per heavy atom. The predicted molar refractivity (Wildman–Crippen MR) is 63.1 cm³/mol. The Bertz CT molecular complexity index is 576. The third kappa shape index (κ3) is 2.18. The van der Waals surface area contributed by atoms with Gasteiger partial charge in [-0.15, -0.1) is 0 Å². The molecule has 0 saturated carbocycles. The van der Waals surface area contributed by atoms with E-state index < -0.39 is 11.6 Å². The molecule has 0 spiro atoms. The summed E-state index contributed by atoms with van der Waals surface area (Å²) in [5.74, 6) is -1.20. The highest BCUT2D eigenvalue weighted by molar-refractivity contribution is 6.34. The van der Waals surface area contributed by atoms with E-state index in [2.05, 4.69) is 5.10 Å². The van der Waals surface area contributed by atoms with Gasteiger partial charge in [-0.1, -0.05) is 23.2 Å². The van der Waals surface area contributed by atoms with Gasteiger partial charge in [0, 0.05) is 12.1 Å². The lowest BCUT2D eigenvalue weighted by molar-refractivity contribution is 0.102. The lowest BCUT2D eigenvalue weighted by Crippen LogP contribution is -2.10. The summed E-state index contributed by atoms with van der Waals surface area (Å²) in [6, 6.07) is 3.85. The molecule has 0 aliphatic heterocycles. The number of hydrogen-bond donors (Lipinski definition) is 0. The van der Waals surface area contributed by atoms with Gasteiger partial charge in [0.1, 0.15) is 11.5 Å². The number of halogens is 3. The Kier molecular flexibility index (Phi) is 3.17. The second kappa shape index (κ2) is 4.47. The van der Waals surface area contributed by atoms with Crippen LogP contribution in [0.15, 0.2) is 24.4 Å². The minimum absolute atomic E-state index is 0.0834. The fraction of sp³-hybridized carbons (Fsp3) is 0.0909. The van der Waals surface area contributed by atoms with Gasteiger partial charge in [0.2, 0.25) is 5.78 Å². The first kappa shape index (κ1) is 12.1. The lowest BCUT2D eigenvalue weighted by Gasteiger charge is -2.04. The number of carbonyl (C=O) groups is 1. The van der Waals surface area contributed by atoms with Crippen molar-refractivity contribution < 1.29 is 9.18 Å². The van der Waals surface area contributed by atoms with E-state index in [4.69, 9.17) is 23.2 Å². The van der Waals surface area contributed by atoms with Crippen molar-refractivity contribution in [3.8, 4) is 0 Å². The molecule has 0 amide bonds. The molecule has 0 saturated heterocycles. The van der Waals surface area contributed by atoms with Crippen LogP contribution in [0, 0.1) is 5.82 Å². The maximum atomic E-state index is 13.6. The highest BCUT2D eigenvalue weighted by atomic mass is 35.5. The molecule has 88 valence electrons. The zero-order valence-corrected chi connectivity index (χ0v) is 10.3. The quantitative estimate of drug-likeness (QED) is 0.788. The number of carbonyl (C=O) groups excluding carboxylic acids is 1.